The van der Waals surface area contributed by atoms with Gasteiger partial charge in [0.05, 0.1) is 6.61 Å². The van der Waals surface area contributed by atoms with E-state index in [0.29, 0.717) is 19.7 Å². The van der Waals surface area contributed by atoms with E-state index in [4.69, 9.17) is 4.74 Å². The summed E-state index contributed by atoms with van der Waals surface area (Å²) < 4.78 is 5.36. The van der Waals surface area contributed by atoms with Gasteiger partial charge in [-0.3, -0.25) is 0 Å². The van der Waals surface area contributed by atoms with Crippen molar-refractivity contribution in [3.8, 4) is 0 Å². The van der Waals surface area contributed by atoms with Crippen molar-refractivity contribution >= 4 is 11.9 Å². The maximum atomic E-state index is 12.0. The number of rotatable bonds is 2. The van der Waals surface area contributed by atoms with Gasteiger partial charge in [-0.15, -0.1) is 0 Å². The molecular weight excluding hydrogens is 266 g/mol. The second-order valence-corrected chi connectivity index (χ2v) is 6.78. The van der Waals surface area contributed by atoms with Gasteiger partial charge < -0.3 is 14.5 Å². The van der Waals surface area contributed by atoms with Crippen molar-refractivity contribution < 1.29 is 9.53 Å². The van der Waals surface area contributed by atoms with Crippen LogP contribution in [0.1, 0.15) is 26.3 Å². The second-order valence-electron chi connectivity index (χ2n) is 6.78. The average molecular weight is 291 g/mol. The average Bonchev–Trinajstić information content (AvgIpc) is 2.45. The number of pyridine rings is 1. The molecule has 1 fully saturated rings. The van der Waals surface area contributed by atoms with Gasteiger partial charge in [-0.2, -0.15) is 0 Å². The minimum Gasteiger partial charge on any atom is -0.449 e. The number of amides is 1. The molecule has 0 bridgehead atoms. The van der Waals surface area contributed by atoms with Gasteiger partial charge in [0.1, 0.15) is 5.82 Å². The minimum absolute atomic E-state index is 0.00327. The van der Waals surface area contributed by atoms with Crippen molar-refractivity contribution in [1.82, 2.24) is 9.88 Å². The molecule has 0 unspecified atom stereocenters. The van der Waals surface area contributed by atoms with Crippen LogP contribution in [0.4, 0.5) is 10.6 Å². The number of piperazine rings is 1. The first-order valence-electron chi connectivity index (χ1n) is 7.44. The SMILES string of the molecule is Cc1ccc(N2CCN(C(=O)OCC(C)(C)C)CC2)nc1. The quantitative estimate of drug-likeness (QED) is 0.840. The van der Waals surface area contributed by atoms with Crippen LogP contribution in [-0.2, 0) is 4.74 Å². The van der Waals surface area contributed by atoms with Gasteiger partial charge in [0, 0.05) is 32.4 Å². The molecular formula is C16H25N3O2. The Labute approximate surface area is 126 Å². The Bertz CT molecular complexity index is 471. The van der Waals surface area contributed by atoms with Crippen LogP contribution < -0.4 is 4.90 Å². The zero-order valence-electron chi connectivity index (χ0n) is 13.4. The first kappa shape index (κ1) is 15.6. The molecule has 1 aromatic rings. The number of anilines is 1. The smallest absolute Gasteiger partial charge is 0.409 e. The molecule has 5 nitrogen and oxygen atoms in total. The number of nitrogens with zero attached hydrogens (tertiary/aromatic N) is 3. The molecule has 21 heavy (non-hydrogen) atoms. The molecule has 1 aromatic heterocycles. The van der Waals surface area contributed by atoms with Crippen LogP contribution in [0.25, 0.3) is 0 Å². The monoisotopic (exact) mass is 291 g/mol. The van der Waals surface area contributed by atoms with Crippen molar-refractivity contribution in [3.63, 3.8) is 0 Å². The predicted octanol–water partition coefficient (Wildman–Crippen LogP) is 2.69. The Balaban J connectivity index is 1.82. The summed E-state index contributed by atoms with van der Waals surface area (Å²) in [5.74, 6) is 0.975. The molecule has 0 N–H and O–H groups in total. The van der Waals surface area contributed by atoms with Crippen molar-refractivity contribution in [2.45, 2.75) is 27.7 Å². The number of hydrogen-bond donors (Lipinski definition) is 0. The van der Waals surface area contributed by atoms with E-state index < -0.39 is 0 Å². The fourth-order valence-corrected chi connectivity index (χ4v) is 2.13. The number of hydrogen-bond acceptors (Lipinski definition) is 4. The Morgan fingerprint density at radius 1 is 1.24 bits per heavy atom. The predicted molar refractivity (Wildman–Crippen MR) is 83.6 cm³/mol. The number of aromatic nitrogens is 1. The molecule has 0 atom stereocenters. The summed E-state index contributed by atoms with van der Waals surface area (Å²) in [6.07, 6.45) is 1.67. The highest BCUT2D eigenvalue weighted by Crippen LogP contribution is 2.16. The van der Waals surface area contributed by atoms with Gasteiger partial charge in [-0.05, 0) is 24.0 Å². The van der Waals surface area contributed by atoms with Gasteiger partial charge in [-0.25, -0.2) is 9.78 Å². The van der Waals surface area contributed by atoms with E-state index in [0.717, 1.165) is 24.5 Å². The standard InChI is InChI=1S/C16H25N3O2/c1-13-5-6-14(17-11-13)18-7-9-19(10-8-18)15(20)21-12-16(2,3)4/h5-6,11H,7-10,12H2,1-4H3. The topological polar surface area (TPSA) is 45.7 Å². The molecule has 2 heterocycles. The summed E-state index contributed by atoms with van der Waals surface area (Å²) in [6, 6.07) is 4.09. The molecule has 0 spiro atoms. The Morgan fingerprint density at radius 2 is 1.90 bits per heavy atom. The first-order valence-corrected chi connectivity index (χ1v) is 7.44. The van der Waals surface area contributed by atoms with Gasteiger partial charge in [0.2, 0.25) is 0 Å². The minimum atomic E-state index is -0.207. The third kappa shape index (κ3) is 4.62. The summed E-state index contributed by atoms with van der Waals surface area (Å²) in [5.41, 5.74) is 1.16. The number of ether oxygens (including phenoxy) is 1. The molecule has 0 radical (unpaired) electrons. The molecule has 0 aliphatic carbocycles. The van der Waals surface area contributed by atoms with Crippen LogP contribution in [-0.4, -0.2) is 48.8 Å². The lowest BCUT2D eigenvalue weighted by molar-refractivity contribution is 0.0707. The van der Waals surface area contributed by atoms with Crippen molar-refractivity contribution in [3.05, 3.63) is 23.9 Å². The number of carbonyl (C=O) groups is 1. The second kappa shape index (κ2) is 6.33. The molecule has 2 rings (SSSR count). The van der Waals surface area contributed by atoms with E-state index in [1.54, 1.807) is 4.90 Å². The lowest BCUT2D eigenvalue weighted by Crippen LogP contribution is -2.49. The molecule has 1 saturated heterocycles. The van der Waals surface area contributed by atoms with E-state index >= 15 is 0 Å². The Morgan fingerprint density at radius 3 is 2.43 bits per heavy atom. The summed E-state index contributed by atoms with van der Waals surface area (Å²) in [7, 11) is 0. The van der Waals surface area contributed by atoms with Crippen LogP contribution in [0.3, 0.4) is 0 Å². The maximum Gasteiger partial charge on any atom is 0.409 e. The Kier molecular flexibility index (Phi) is 4.70. The van der Waals surface area contributed by atoms with Gasteiger partial charge >= 0.3 is 6.09 Å². The molecule has 116 valence electrons. The summed E-state index contributed by atoms with van der Waals surface area (Å²) in [4.78, 5) is 20.4. The highest BCUT2D eigenvalue weighted by Gasteiger charge is 2.24. The lowest BCUT2D eigenvalue weighted by atomic mass is 9.99. The van der Waals surface area contributed by atoms with Crippen LogP contribution in [0.2, 0.25) is 0 Å². The van der Waals surface area contributed by atoms with Gasteiger partial charge in [-0.1, -0.05) is 26.8 Å². The summed E-state index contributed by atoms with van der Waals surface area (Å²) in [6.45, 7) is 11.6. The summed E-state index contributed by atoms with van der Waals surface area (Å²) >= 11 is 0. The van der Waals surface area contributed by atoms with E-state index in [2.05, 4.69) is 36.7 Å². The molecule has 5 heteroatoms. The van der Waals surface area contributed by atoms with Crippen molar-refractivity contribution in [2.75, 3.05) is 37.7 Å². The highest BCUT2D eigenvalue weighted by atomic mass is 16.6. The van der Waals surface area contributed by atoms with E-state index in [9.17, 15) is 4.79 Å². The Hall–Kier alpha value is -1.78. The third-order valence-corrected chi connectivity index (χ3v) is 3.39. The largest absolute Gasteiger partial charge is 0.449 e. The number of aryl methyl sites for hydroxylation is 1. The maximum absolute atomic E-state index is 12.0. The number of carbonyl (C=O) groups excluding carboxylic acids is 1. The van der Waals surface area contributed by atoms with Crippen LogP contribution >= 0.6 is 0 Å². The molecule has 1 aliphatic heterocycles. The van der Waals surface area contributed by atoms with Crippen LogP contribution in [0, 0.1) is 12.3 Å². The van der Waals surface area contributed by atoms with Crippen LogP contribution in [0.15, 0.2) is 18.3 Å². The zero-order chi connectivity index (χ0) is 15.5. The van der Waals surface area contributed by atoms with Crippen molar-refractivity contribution in [2.24, 2.45) is 5.41 Å². The van der Waals surface area contributed by atoms with E-state index in [-0.39, 0.29) is 11.5 Å². The van der Waals surface area contributed by atoms with Gasteiger partial charge in [0.15, 0.2) is 0 Å². The fourth-order valence-electron chi connectivity index (χ4n) is 2.13. The van der Waals surface area contributed by atoms with Gasteiger partial charge in [0.25, 0.3) is 0 Å². The first-order chi connectivity index (χ1) is 9.85. The fraction of sp³-hybridized carbons (Fsp3) is 0.625. The van der Waals surface area contributed by atoms with Crippen LogP contribution in [0.5, 0.6) is 0 Å². The van der Waals surface area contributed by atoms with E-state index in [1.807, 2.05) is 19.2 Å². The highest BCUT2D eigenvalue weighted by molar-refractivity contribution is 5.68. The molecule has 0 aromatic carbocycles. The zero-order valence-corrected chi connectivity index (χ0v) is 13.4. The van der Waals surface area contributed by atoms with Crippen molar-refractivity contribution in [1.29, 1.82) is 0 Å². The molecule has 1 aliphatic rings. The molecule has 0 saturated carbocycles. The summed E-state index contributed by atoms with van der Waals surface area (Å²) in [5, 5.41) is 0. The lowest BCUT2D eigenvalue weighted by Gasteiger charge is -2.35. The third-order valence-electron chi connectivity index (χ3n) is 3.39. The molecule has 1 amide bonds. The normalized spacial score (nSPS) is 16.0. The van der Waals surface area contributed by atoms with E-state index in [1.165, 1.54) is 0 Å².